The fourth-order valence-corrected chi connectivity index (χ4v) is 4.08. The van der Waals surface area contributed by atoms with E-state index in [4.69, 9.17) is 5.73 Å². The van der Waals surface area contributed by atoms with Crippen molar-refractivity contribution < 1.29 is 17.2 Å². The standard InChI is InChI=1S/C13H18F2N2O2S/c1-2-13(6-3-7-13)17-20(18,19)11-5-4-10(14)9(8-16)12(11)15/h4-5,17H,2-3,6-8,16H2,1H3. The minimum Gasteiger partial charge on any atom is -0.326 e. The lowest BCUT2D eigenvalue weighted by atomic mass is 9.76. The van der Waals surface area contributed by atoms with Gasteiger partial charge < -0.3 is 5.73 Å². The maximum Gasteiger partial charge on any atom is 0.244 e. The number of hydrogen-bond donors (Lipinski definition) is 2. The van der Waals surface area contributed by atoms with Crippen LogP contribution in [-0.4, -0.2) is 14.0 Å². The quantitative estimate of drug-likeness (QED) is 0.874. The van der Waals surface area contributed by atoms with E-state index < -0.39 is 37.7 Å². The predicted molar refractivity (Wildman–Crippen MR) is 71.4 cm³/mol. The van der Waals surface area contributed by atoms with Gasteiger partial charge in [0.1, 0.15) is 10.7 Å². The van der Waals surface area contributed by atoms with Crippen molar-refractivity contribution in [3.8, 4) is 0 Å². The van der Waals surface area contributed by atoms with Crippen LogP contribution in [0.2, 0.25) is 0 Å². The highest BCUT2D eigenvalue weighted by Gasteiger charge is 2.40. The SMILES string of the molecule is CCC1(NS(=O)(=O)c2ccc(F)c(CN)c2F)CCC1. The number of nitrogens with two attached hydrogens (primary N) is 1. The smallest absolute Gasteiger partial charge is 0.244 e. The first-order valence-electron chi connectivity index (χ1n) is 6.56. The van der Waals surface area contributed by atoms with Crippen molar-refractivity contribution in [2.75, 3.05) is 0 Å². The van der Waals surface area contributed by atoms with Crippen molar-refractivity contribution in [1.82, 2.24) is 4.72 Å². The summed E-state index contributed by atoms with van der Waals surface area (Å²) in [7, 11) is -4.02. The second-order valence-electron chi connectivity index (χ2n) is 5.14. The molecule has 2 rings (SSSR count). The molecule has 1 aliphatic carbocycles. The molecule has 20 heavy (non-hydrogen) atoms. The number of sulfonamides is 1. The lowest BCUT2D eigenvalue weighted by Crippen LogP contribution is -2.52. The lowest BCUT2D eigenvalue weighted by Gasteiger charge is -2.41. The van der Waals surface area contributed by atoms with Crippen LogP contribution >= 0.6 is 0 Å². The fourth-order valence-electron chi connectivity index (χ4n) is 2.44. The summed E-state index contributed by atoms with van der Waals surface area (Å²) in [5.41, 5.74) is 4.35. The first-order chi connectivity index (χ1) is 9.35. The molecule has 1 fully saturated rings. The molecule has 0 saturated heterocycles. The Bertz CT molecular complexity index is 608. The van der Waals surface area contributed by atoms with Crippen molar-refractivity contribution in [1.29, 1.82) is 0 Å². The highest BCUT2D eigenvalue weighted by molar-refractivity contribution is 7.89. The Hall–Kier alpha value is -1.05. The molecule has 0 unspecified atom stereocenters. The number of rotatable bonds is 5. The number of benzene rings is 1. The Morgan fingerprint density at radius 1 is 1.35 bits per heavy atom. The summed E-state index contributed by atoms with van der Waals surface area (Å²) in [4.78, 5) is -0.543. The van der Waals surface area contributed by atoms with Crippen molar-refractivity contribution in [2.24, 2.45) is 5.73 Å². The summed E-state index contributed by atoms with van der Waals surface area (Å²) < 4.78 is 54.6. The predicted octanol–water partition coefficient (Wildman–Crippen LogP) is 2.03. The summed E-state index contributed by atoms with van der Waals surface area (Å²) in [5.74, 6) is -1.94. The molecule has 1 saturated carbocycles. The Balaban J connectivity index is 2.40. The van der Waals surface area contributed by atoms with Crippen molar-refractivity contribution in [3.63, 3.8) is 0 Å². The topological polar surface area (TPSA) is 72.2 Å². The van der Waals surface area contributed by atoms with Gasteiger partial charge in [0.25, 0.3) is 0 Å². The van der Waals surface area contributed by atoms with Crippen molar-refractivity contribution in [3.05, 3.63) is 29.3 Å². The number of nitrogens with one attached hydrogen (secondary N) is 1. The third-order valence-electron chi connectivity index (χ3n) is 3.98. The average molecular weight is 304 g/mol. The molecule has 0 spiro atoms. The van der Waals surface area contributed by atoms with Gasteiger partial charge in [-0.25, -0.2) is 21.9 Å². The molecule has 0 heterocycles. The van der Waals surface area contributed by atoms with Crippen LogP contribution in [0.3, 0.4) is 0 Å². The fraction of sp³-hybridized carbons (Fsp3) is 0.538. The largest absolute Gasteiger partial charge is 0.326 e. The van der Waals surface area contributed by atoms with E-state index in [1.165, 1.54) is 0 Å². The minimum atomic E-state index is -4.02. The molecule has 1 aliphatic rings. The maximum absolute atomic E-state index is 14.1. The van der Waals surface area contributed by atoms with Crippen LogP contribution in [0.25, 0.3) is 0 Å². The van der Waals surface area contributed by atoms with Crippen LogP contribution in [-0.2, 0) is 16.6 Å². The Morgan fingerprint density at radius 3 is 2.45 bits per heavy atom. The minimum absolute atomic E-state index is 0.389. The molecule has 4 nitrogen and oxygen atoms in total. The molecule has 0 aromatic heterocycles. The highest BCUT2D eigenvalue weighted by Crippen LogP contribution is 2.36. The van der Waals surface area contributed by atoms with E-state index in [2.05, 4.69) is 4.72 Å². The van der Waals surface area contributed by atoms with E-state index in [0.717, 1.165) is 31.4 Å². The molecule has 1 aromatic rings. The Kier molecular flexibility index (Phi) is 4.13. The zero-order valence-corrected chi connectivity index (χ0v) is 12.1. The van der Waals surface area contributed by atoms with E-state index in [1.807, 2.05) is 6.92 Å². The van der Waals surface area contributed by atoms with E-state index in [1.54, 1.807) is 0 Å². The average Bonchev–Trinajstić information content (AvgIpc) is 2.34. The summed E-state index contributed by atoms with van der Waals surface area (Å²) in [6.45, 7) is 1.49. The van der Waals surface area contributed by atoms with Crippen LogP contribution in [0, 0.1) is 11.6 Å². The van der Waals surface area contributed by atoms with E-state index in [0.29, 0.717) is 6.42 Å². The van der Waals surface area contributed by atoms with Gasteiger partial charge in [0.05, 0.1) is 0 Å². The van der Waals surface area contributed by atoms with Crippen molar-refractivity contribution >= 4 is 10.0 Å². The van der Waals surface area contributed by atoms with Crippen LogP contribution in [0.4, 0.5) is 8.78 Å². The van der Waals surface area contributed by atoms with E-state index >= 15 is 0 Å². The zero-order valence-electron chi connectivity index (χ0n) is 11.2. The molecule has 0 bridgehead atoms. The van der Waals surface area contributed by atoms with Gasteiger partial charge in [0.15, 0.2) is 5.82 Å². The first kappa shape index (κ1) is 15.3. The number of hydrogen-bond acceptors (Lipinski definition) is 3. The van der Waals surface area contributed by atoms with Gasteiger partial charge in [0, 0.05) is 17.6 Å². The molecule has 0 radical (unpaired) electrons. The number of halogens is 2. The monoisotopic (exact) mass is 304 g/mol. The molecule has 0 amide bonds. The second-order valence-corrected chi connectivity index (χ2v) is 6.79. The molecular weight excluding hydrogens is 286 g/mol. The van der Waals surface area contributed by atoms with E-state index in [-0.39, 0.29) is 6.54 Å². The third kappa shape index (κ3) is 2.57. The second kappa shape index (κ2) is 5.38. The highest BCUT2D eigenvalue weighted by atomic mass is 32.2. The Labute approximate surface area is 117 Å². The van der Waals surface area contributed by atoms with Gasteiger partial charge in [0.2, 0.25) is 10.0 Å². The van der Waals surface area contributed by atoms with Gasteiger partial charge in [-0.15, -0.1) is 0 Å². The molecule has 3 N–H and O–H groups in total. The van der Waals surface area contributed by atoms with Gasteiger partial charge in [-0.2, -0.15) is 0 Å². The maximum atomic E-state index is 14.1. The summed E-state index contributed by atoms with van der Waals surface area (Å²) in [6.07, 6.45) is 3.04. The van der Waals surface area contributed by atoms with E-state index in [9.17, 15) is 17.2 Å². The van der Waals surface area contributed by atoms with Gasteiger partial charge in [-0.1, -0.05) is 6.92 Å². The molecule has 0 atom stereocenters. The zero-order chi connectivity index (χ0) is 15.0. The Morgan fingerprint density at radius 2 is 2.00 bits per heavy atom. The molecule has 0 aliphatic heterocycles. The van der Waals surface area contributed by atoms with Gasteiger partial charge >= 0.3 is 0 Å². The van der Waals surface area contributed by atoms with Crippen LogP contribution < -0.4 is 10.5 Å². The van der Waals surface area contributed by atoms with Crippen LogP contribution in [0.1, 0.15) is 38.2 Å². The normalized spacial score (nSPS) is 17.8. The molecule has 7 heteroatoms. The van der Waals surface area contributed by atoms with Crippen LogP contribution in [0.5, 0.6) is 0 Å². The molecule has 1 aromatic carbocycles. The lowest BCUT2D eigenvalue weighted by molar-refractivity contribution is 0.213. The first-order valence-corrected chi connectivity index (χ1v) is 8.04. The summed E-state index contributed by atoms with van der Waals surface area (Å²) >= 11 is 0. The summed E-state index contributed by atoms with van der Waals surface area (Å²) in [5, 5.41) is 0. The third-order valence-corrected chi connectivity index (χ3v) is 5.58. The molecular formula is C13H18F2N2O2S. The summed E-state index contributed by atoms with van der Waals surface area (Å²) in [6, 6.07) is 1.87. The molecule has 112 valence electrons. The van der Waals surface area contributed by atoms with Crippen LogP contribution in [0.15, 0.2) is 17.0 Å². The van der Waals surface area contributed by atoms with Gasteiger partial charge in [-0.05, 0) is 37.8 Å². The van der Waals surface area contributed by atoms with Gasteiger partial charge in [-0.3, -0.25) is 0 Å². The van der Waals surface area contributed by atoms with Crippen molar-refractivity contribution in [2.45, 2.75) is 49.6 Å².